The minimum absolute atomic E-state index is 0.117. The summed E-state index contributed by atoms with van der Waals surface area (Å²) in [5, 5.41) is 0.797. The lowest BCUT2D eigenvalue weighted by Gasteiger charge is -2.23. The van der Waals surface area contributed by atoms with Gasteiger partial charge in [-0.15, -0.1) is 0 Å². The topological polar surface area (TPSA) is 35.2 Å². The zero-order valence-electron chi connectivity index (χ0n) is 11.6. The SMILES string of the molecule is COc1cc(C2(C(C)N)CC2)cc(Cl)c1C(C)C. The molecule has 1 aliphatic carbocycles. The summed E-state index contributed by atoms with van der Waals surface area (Å²) >= 11 is 6.43. The lowest BCUT2D eigenvalue weighted by Crippen LogP contribution is -2.31. The molecular formula is C15H22ClNO. The summed E-state index contributed by atoms with van der Waals surface area (Å²) < 4.78 is 5.51. The van der Waals surface area contributed by atoms with Crippen molar-refractivity contribution in [1.29, 1.82) is 0 Å². The first-order valence-electron chi connectivity index (χ1n) is 6.56. The minimum Gasteiger partial charge on any atom is -0.496 e. The van der Waals surface area contributed by atoms with Gasteiger partial charge in [0.25, 0.3) is 0 Å². The fourth-order valence-electron chi connectivity index (χ4n) is 2.75. The second kappa shape index (κ2) is 4.75. The van der Waals surface area contributed by atoms with E-state index in [1.165, 1.54) is 5.56 Å². The molecule has 0 bridgehead atoms. The van der Waals surface area contributed by atoms with Crippen molar-refractivity contribution in [1.82, 2.24) is 0 Å². The van der Waals surface area contributed by atoms with Gasteiger partial charge in [0.05, 0.1) is 7.11 Å². The Labute approximate surface area is 114 Å². The smallest absolute Gasteiger partial charge is 0.124 e. The van der Waals surface area contributed by atoms with E-state index in [4.69, 9.17) is 22.1 Å². The van der Waals surface area contributed by atoms with Gasteiger partial charge >= 0.3 is 0 Å². The maximum Gasteiger partial charge on any atom is 0.124 e. The van der Waals surface area contributed by atoms with Gasteiger partial charge in [0.15, 0.2) is 0 Å². The molecule has 0 amide bonds. The van der Waals surface area contributed by atoms with Crippen molar-refractivity contribution in [2.24, 2.45) is 5.73 Å². The average molecular weight is 268 g/mol. The van der Waals surface area contributed by atoms with E-state index in [1.54, 1.807) is 7.11 Å². The molecule has 0 aliphatic heterocycles. The molecule has 0 spiro atoms. The first-order valence-corrected chi connectivity index (χ1v) is 6.93. The highest BCUT2D eigenvalue weighted by Gasteiger charge is 2.47. The van der Waals surface area contributed by atoms with Crippen LogP contribution in [0.2, 0.25) is 5.02 Å². The zero-order chi connectivity index (χ0) is 13.5. The van der Waals surface area contributed by atoms with Crippen LogP contribution in [0.4, 0.5) is 0 Å². The average Bonchev–Trinajstić information content (AvgIpc) is 3.08. The molecule has 100 valence electrons. The molecule has 1 unspecified atom stereocenters. The summed E-state index contributed by atoms with van der Waals surface area (Å²) in [5.41, 5.74) is 8.55. The van der Waals surface area contributed by atoms with Crippen LogP contribution >= 0.6 is 11.6 Å². The molecule has 0 radical (unpaired) electrons. The number of hydrogen-bond acceptors (Lipinski definition) is 2. The summed E-state index contributed by atoms with van der Waals surface area (Å²) in [4.78, 5) is 0. The van der Waals surface area contributed by atoms with Gasteiger partial charge in [-0.3, -0.25) is 0 Å². The van der Waals surface area contributed by atoms with Crippen molar-refractivity contribution in [2.75, 3.05) is 7.11 Å². The standard InChI is InChI=1S/C15H22ClNO/c1-9(2)14-12(16)7-11(8-13(14)18-4)15(5-6-15)10(3)17/h7-10H,5-6,17H2,1-4H3. The van der Waals surface area contributed by atoms with E-state index in [-0.39, 0.29) is 11.5 Å². The Bertz CT molecular complexity index is 450. The summed E-state index contributed by atoms with van der Waals surface area (Å²) in [6.07, 6.45) is 2.29. The van der Waals surface area contributed by atoms with Crippen LogP contribution in [0.3, 0.4) is 0 Å². The van der Waals surface area contributed by atoms with Gasteiger partial charge in [0.2, 0.25) is 0 Å². The van der Waals surface area contributed by atoms with E-state index >= 15 is 0 Å². The number of methoxy groups -OCH3 is 1. The van der Waals surface area contributed by atoms with Crippen LogP contribution < -0.4 is 10.5 Å². The Hall–Kier alpha value is -0.730. The lowest BCUT2D eigenvalue weighted by molar-refractivity contribution is 0.405. The minimum atomic E-state index is 0.117. The number of benzene rings is 1. The molecule has 1 atom stereocenters. The molecule has 1 aliphatic rings. The molecule has 0 aromatic heterocycles. The number of hydrogen-bond donors (Lipinski definition) is 1. The first kappa shape index (κ1) is 13.7. The Balaban J connectivity index is 2.50. The Morgan fingerprint density at radius 1 is 1.28 bits per heavy atom. The van der Waals surface area contributed by atoms with Crippen LogP contribution in [0.1, 0.15) is 50.7 Å². The summed E-state index contributed by atoms with van der Waals surface area (Å²) in [6.45, 7) is 6.33. The molecule has 2 N–H and O–H groups in total. The van der Waals surface area contributed by atoms with Crippen LogP contribution in [0.25, 0.3) is 0 Å². The lowest BCUT2D eigenvalue weighted by atomic mass is 9.87. The Kier molecular flexibility index (Phi) is 3.61. The molecule has 3 heteroatoms. The zero-order valence-corrected chi connectivity index (χ0v) is 12.3. The molecule has 2 rings (SSSR count). The molecule has 1 fully saturated rings. The van der Waals surface area contributed by atoms with Crippen molar-refractivity contribution in [3.05, 3.63) is 28.3 Å². The monoisotopic (exact) mass is 267 g/mol. The van der Waals surface area contributed by atoms with Crippen LogP contribution in [-0.4, -0.2) is 13.2 Å². The highest BCUT2D eigenvalue weighted by molar-refractivity contribution is 6.31. The predicted molar refractivity (Wildman–Crippen MR) is 76.7 cm³/mol. The van der Waals surface area contributed by atoms with E-state index in [0.717, 1.165) is 29.2 Å². The largest absolute Gasteiger partial charge is 0.496 e. The molecule has 0 saturated heterocycles. The van der Waals surface area contributed by atoms with E-state index in [9.17, 15) is 0 Å². The summed E-state index contributed by atoms with van der Waals surface area (Å²) in [6, 6.07) is 4.36. The third-order valence-electron chi connectivity index (χ3n) is 4.12. The van der Waals surface area contributed by atoms with Gasteiger partial charge in [-0.2, -0.15) is 0 Å². The van der Waals surface area contributed by atoms with Gasteiger partial charge in [-0.05, 0) is 43.4 Å². The third kappa shape index (κ3) is 2.12. The maximum absolute atomic E-state index is 6.43. The fraction of sp³-hybridized carbons (Fsp3) is 0.600. The van der Waals surface area contributed by atoms with E-state index in [0.29, 0.717) is 5.92 Å². The van der Waals surface area contributed by atoms with Crippen LogP contribution in [0, 0.1) is 0 Å². The van der Waals surface area contributed by atoms with Gasteiger partial charge in [-0.1, -0.05) is 25.4 Å². The Morgan fingerprint density at radius 2 is 1.89 bits per heavy atom. The summed E-state index contributed by atoms with van der Waals surface area (Å²) in [7, 11) is 1.70. The quantitative estimate of drug-likeness (QED) is 0.899. The van der Waals surface area contributed by atoms with Crippen molar-refractivity contribution < 1.29 is 4.74 Å². The van der Waals surface area contributed by atoms with E-state index in [2.05, 4.69) is 32.9 Å². The van der Waals surface area contributed by atoms with Crippen LogP contribution in [0.15, 0.2) is 12.1 Å². The molecule has 18 heavy (non-hydrogen) atoms. The van der Waals surface area contributed by atoms with Crippen molar-refractivity contribution >= 4 is 11.6 Å². The van der Waals surface area contributed by atoms with Gasteiger partial charge in [0.1, 0.15) is 5.75 Å². The molecule has 0 heterocycles. The van der Waals surface area contributed by atoms with Gasteiger partial charge < -0.3 is 10.5 Å². The van der Waals surface area contributed by atoms with Crippen LogP contribution in [0.5, 0.6) is 5.75 Å². The predicted octanol–water partition coefficient (Wildman–Crippen LogP) is 3.85. The number of rotatable bonds is 4. The third-order valence-corrected chi connectivity index (χ3v) is 4.44. The van der Waals surface area contributed by atoms with Crippen LogP contribution in [-0.2, 0) is 5.41 Å². The normalized spacial score (nSPS) is 18.8. The number of nitrogens with two attached hydrogens (primary N) is 1. The highest BCUT2D eigenvalue weighted by atomic mass is 35.5. The fourth-order valence-corrected chi connectivity index (χ4v) is 3.18. The molecule has 1 aromatic carbocycles. The second-order valence-corrected chi connectivity index (χ2v) is 6.08. The van der Waals surface area contributed by atoms with Crippen molar-refractivity contribution in [3.8, 4) is 5.75 Å². The van der Waals surface area contributed by atoms with Gasteiger partial charge in [-0.25, -0.2) is 0 Å². The molecular weight excluding hydrogens is 246 g/mol. The van der Waals surface area contributed by atoms with Crippen molar-refractivity contribution in [2.45, 2.75) is 51.0 Å². The number of ether oxygens (including phenoxy) is 1. The second-order valence-electron chi connectivity index (χ2n) is 5.67. The number of halogens is 1. The van der Waals surface area contributed by atoms with E-state index < -0.39 is 0 Å². The first-order chi connectivity index (χ1) is 8.42. The Morgan fingerprint density at radius 3 is 2.28 bits per heavy atom. The van der Waals surface area contributed by atoms with E-state index in [1.807, 2.05) is 0 Å². The molecule has 1 aromatic rings. The highest BCUT2D eigenvalue weighted by Crippen LogP contribution is 2.52. The van der Waals surface area contributed by atoms with Gasteiger partial charge in [0, 0.05) is 22.0 Å². The maximum atomic E-state index is 6.43. The summed E-state index contributed by atoms with van der Waals surface area (Å²) in [5.74, 6) is 1.24. The molecule has 2 nitrogen and oxygen atoms in total. The van der Waals surface area contributed by atoms with Crippen molar-refractivity contribution in [3.63, 3.8) is 0 Å². The molecule has 1 saturated carbocycles.